The molecule has 0 aliphatic carbocycles. The second-order valence-corrected chi connectivity index (χ2v) is 9.12. The Morgan fingerprint density at radius 1 is 1.03 bits per heavy atom. The minimum absolute atomic E-state index is 0.0919. The number of hydrogen-bond donors (Lipinski definition) is 1. The predicted octanol–water partition coefficient (Wildman–Crippen LogP) is 4.32. The molecule has 2 heterocycles. The maximum atomic E-state index is 12.7. The van der Waals surface area contributed by atoms with Crippen LogP contribution in [0.3, 0.4) is 0 Å². The number of aromatic nitrogens is 1. The van der Waals surface area contributed by atoms with Gasteiger partial charge in [0, 0.05) is 30.4 Å². The van der Waals surface area contributed by atoms with E-state index in [1.165, 1.54) is 22.5 Å². The molecule has 31 heavy (non-hydrogen) atoms. The van der Waals surface area contributed by atoms with Gasteiger partial charge in [0.2, 0.25) is 10.0 Å². The third kappa shape index (κ3) is 4.50. The lowest BCUT2D eigenvalue weighted by Gasteiger charge is -2.25. The lowest BCUT2D eigenvalue weighted by atomic mass is 10.1. The zero-order chi connectivity index (χ0) is 21.8. The molecule has 1 aromatic heterocycles. The second-order valence-electron chi connectivity index (χ2n) is 7.18. The molecule has 1 N–H and O–H groups in total. The van der Waals surface area contributed by atoms with Crippen molar-refractivity contribution in [3.63, 3.8) is 0 Å². The van der Waals surface area contributed by atoms with Crippen molar-refractivity contribution >= 4 is 27.3 Å². The summed E-state index contributed by atoms with van der Waals surface area (Å²) in [5.41, 5.74) is 1.75. The third-order valence-electron chi connectivity index (χ3n) is 5.09. The van der Waals surface area contributed by atoms with E-state index in [9.17, 15) is 13.2 Å². The van der Waals surface area contributed by atoms with Crippen LogP contribution in [-0.2, 0) is 10.0 Å². The number of carbonyl (C=O) groups excluding carboxylic acids is 1. The molecule has 2 aromatic carbocycles. The number of nitrogens with zero attached hydrogens (tertiary/aromatic N) is 3. The number of anilines is 1. The molecular weight excluding hydrogens is 416 g/mol. The Bertz CT molecular complexity index is 1220. The van der Waals surface area contributed by atoms with Gasteiger partial charge in [0.1, 0.15) is 0 Å². The summed E-state index contributed by atoms with van der Waals surface area (Å²) in [6, 6.07) is 14.4. The largest absolute Gasteiger partial charge is 0.355 e. The van der Waals surface area contributed by atoms with Crippen LogP contribution in [0.4, 0.5) is 11.4 Å². The normalized spacial score (nSPS) is 14.7. The zero-order valence-electron chi connectivity index (χ0n) is 16.6. The molecule has 3 aromatic rings. The lowest BCUT2D eigenvalue weighted by molar-refractivity contribution is 0.101. The molecule has 0 saturated carbocycles. The van der Waals surface area contributed by atoms with Crippen molar-refractivity contribution in [1.82, 2.24) is 9.46 Å². The summed E-state index contributed by atoms with van der Waals surface area (Å²) < 4.78 is 32.2. The van der Waals surface area contributed by atoms with Crippen LogP contribution in [-0.4, -0.2) is 36.9 Å². The molecule has 1 amide bonds. The topological polar surface area (TPSA) is 96.9 Å². The number of amides is 1. The average molecular weight is 436 g/mol. The van der Waals surface area contributed by atoms with E-state index in [1.54, 1.807) is 36.4 Å². The fourth-order valence-electron chi connectivity index (χ4n) is 3.38. The summed E-state index contributed by atoms with van der Waals surface area (Å²) in [5.74, 6) is -0.0657. The van der Waals surface area contributed by atoms with Crippen molar-refractivity contribution in [2.24, 2.45) is 0 Å². The van der Waals surface area contributed by atoms with Crippen molar-refractivity contribution in [1.29, 1.82) is 0 Å². The van der Waals surface area contributed by atoms with E-state index in [0.29, 0.717) is 35.8 Å². The van der Waals surface area contributed by atoms with Crippen molar-refractivity contribution in [3.05, 3.63) is 71.7 Å². The highest BCUT2D eigenvalue weighted by molar-refractivity contribution is 7.89. The van der Waals surface area contributed by atoms with Gasteiger partial charge < -0.3 is 9.84 Å². The van der Waals surface area contributed by atoms with Crippen molar-refractivity contribution < 1.29 is 17.7 Å². The minimum Gasteiger partial charge on any atom is -0.355 e. The molecular formula is C22H20N4O4S. The predicted molar refractivity (Wildman–Crippen MR) is 115 cm³/mol. The summed E-state index contributed by atoms with van der Waals surface area (Å²) >= 11 is 0. The molecule has 1 aliphatic heterocycles. The SMILES string of the molecule is [C-]#[N+]c1ccc(-c2cc(C(=O)Nc3ccc(S(=O)(=O)N4CCCCC4)cc3)no2)cc1. The average Bonchev–Trinajstić information content (AvgIpc) is 3.31. The van der Waals surface area contributed by atoms with E-state index in [-0.39, 0.29) is 10.6 Å². The van der Waals surface area contributed by atoms with Crippen LogP contribution < -0.4 is 5.32 Å². The van der Waals surface area contributed by atoms with Gasteiger partial charge in [0.25, 0.3) is 5.91 Å². The second kappa shape index (κ2) is 8.71. The lowest BCUT2D eigenvalue weighted by Crippen LogP contribution is -2.35. The van der Waals surface area contributed by atoms with Crippen LogP contribution in [0.5, 0.6) is 0 Å². The van der Waals surface area contributed by atoms with Gasteiger partial charge in [-0.3, -0.25) is 4.79 Å². The van der Waals surface area contributed by atoms with Gasteiger partial charge in [0.15, 0.2) is 17.1 Å². The van der Waals surface area contributed by atoms with Crippen molar-refractivity contribution in [2.45, 2.75) is 24.2 Å². The number of nitrogens with one attached hydrogen (secondary N) is 1. The van der Waals surface area contributed by atoms with E-state index in [0.717, 1.165) is 19.3 Å². The van der Waals surface area contributed by atoms with Crippen molar-refractivity contribution in [2.75, 3.05) is 18.4 Å². The van der Waals surface area contributed by atoms with Crippen LogP contribution in [0.1, 0.15) is 29.8 Å². The molecule has 1 aliphatic rings. The van der Waals surface area contributed by atoms with Crippen LogP contribution in [0, 0.1) is 6.57 Å². The molecule has 8 nitrogen and oxygen atoms in total. The third-order valence-corrected chi connectivity index (χ3v) is 7.00. The highest BCUT2D eigenvalue weighted by atomic mass is 32.2. The fraction of sp³-hybridized carbons (Fsp3) is 0.227. The highest BCUT2D eigenvalue weighted by Crippen LogP contribution is 2.25. The first-order valence-corrected chi connectivity index (χ1v) is 11.3. The van der Waals surface area contributed by atoms with Gasteiger partial charge in [0.05, 0.1) is 11.5 Å². The molecule has 0 unspecified atom stereocenters. The molecule has 9 heteroatoms. The highest BCUT2D eigenvalue weighted by Gasteiger charge is 2.25. The molecule has 1 fully saturated rings. The maximum absolute atomic E-state index is 12.7. The molecule has 0 atom stereocenters. The summed E-state index contributed by atoms with van der Waals surface area (Å²) in [7, 11) is -3.52. The van der Waals surface area contributed by atoms with Gasteiger partial charge in [-0.2, -0.15) is 4.31 Å². The quantitative estimate of drug-likeness (QED) is 0.601. The van der Waals surface area contributed by atoms with E-state index in [1.807, 2.05) is 0 Å². The van der Waals surface area contributed by atoms with Gasteiger partial charge >= 0.3 is 0 Å². The number of piperidine rings is 1. The van der Waals surface area contributed by atoms with E-state index >= 15 is 0 Å². The molecule has 4 rings (SSSR count). The Hall–Kier alpha value is -3.48. The van der Waals surface area contributed by atoms with E-state index < -0.39 is 15.9 Å². The fourth-order valence-corrected chi connectivity index (χ4v) is 4.90. The molecule has 158 valence electrons. The molecule has 0 bridgehead atoms. The van der Waals surface area contributed by atoms with Crippen LogP contribution >= 0.6 is 0 Å². The molecule has 1 saturated heterocycles. The number of hydrogen-bond acceptors (Lipinski definition) is 5. The Morgan fingerprint density at radius 2 is 1.71 bits per heavy atom. The van der Waals surface area contributed by atoms with Gasteiger partial charge in [-0.25, -0.2) is 13.3 Å². The maximum Gasteiger partial charge on any atom is 0.277 e. The Balaban J connectivity index is 1.44. The standard InChI is InChI=1S/C22H20N4O4S/c1-23-17-7-5-16(6-8-17)21-15-20(25-30-21)22(27)24-18-9-11-19(12-10-18)31(28,29)26-13-3-2-4-14-26/h5-12,15H,2-4,13-14H2,(H,24,27). The molecule has 0 radical (unpaired) electrons. The number of benzene rings is 2. The first-order valence-electron chi connectivity index (χ1n) is 9.83. The Morgan fingerprint density at radius 3 is 2.35 bits per heavy atom. The van der Waals surface area contributed by atoms with Gasteiger partial charge in [-0.05, 0) is 37.1 Å². The van der Waals surface area contributed by atoms with E-state index in [4.69, 9.17) is 11.1 Å². The Labute approximate surface area is 180 Å². The number of carbonyl (C=O) groups is 1. The first-order chi connectivity index (χ1) is 15.0. The molecule has 0 spiro atoms. The van der Waals surface area contributed by atoms with E-state index in [2.05, 4.69) is 15.3 Å². The summed E-state index contributed by atoms with van der Waals surface area (Å²) in [6.45, 7) is 8.06. The monoisotopic (exact) mass is 436 g/mol. The summed E-state index contributed by atoms with van der Waals surface area (Å²) in [4.78, 5) is 16.0. The zero-order valence-corrected chi connectivity index (χ0v) is 17.4. The van der Waals surface area contributed by atoms with Gasteiger partial charge in [-0.15, -0.1) is 0 Å². The Kier molecular flexibility index (Phi) is 5.84. The van der Waals surface area contributed by atoms with Crippen LogP contribution in [0.25, 0.3) is 16.2 Å². The van der Waals surface area contributed by atoms with Crippen LogP contribution in [0.15, 0.2) is 64.0 Å². The minimum atomic E-state index is -3.52. The number of rotatable bonds is 5. The smallest absolute Gasteiger partial charge is 0.277 e. The summed E-state index contributed by atoms with van der Waals surface area (Å²) in [5, 5.41) is 6.49. The first kappa shape index (κ1) is 20.8. The van der Waals surface area contributed by atoms with Gasteiger partial charge in [-0.1, -0.05) is 35.8 Å². The van der Waals surface area contributed by atoms with Crippen molar-refractivity contribution in [3.8, 4) is 11.3 Å². The number of sulfonamides is 1. The summed E-state index contributed by atoms with van der Waals surface area (Å²) in [6.07, 6.45) is 2.79. The van der Waals surface area contributed by atoms with Crippen LogP contribution in [0.2, 0.25) is 0 Å².